The van der Waals surface area contributed by atoms with Gasteiger partial charge in [0.15, 0.2) is 0 Å². The highest BCUT2D eigenvalue weighted by molar-refractivity contribution is 5.98. The number of carboxylic acids is 1. The van der Waals surface area contributed by atoms with Gasteiger partial charge in [-0.05, 0) is 71.9 Å². The highest BCUT2D eigenvalue weighted by Crippen LogP contribution is 2.39. The average Bonchev–Trinajstić information content (AvgIpc) is 3.68. The average molecular weight is 689 g/mol. The Morgan fingerprint density at radius 3 is 1.92 bits per heavy atom. The first kappa shape index (κ1) is 37.4. The lowest BCUT2D eigenvalue weighted by Gasteiger charge is -2.38. The van der Waals surface area contributed by atoms with Gasteiger partial charge in [0.1, 0.15) is 30.3 Å². The fourth-order valence-electron chi connectivity index (χ4n) is 7.20. The number of carboxylic acid groups (broad SMARTS) is 1. The van der Waals surface area contributed by atoms with Crippen LogP contribution in [0, 0.1) is 11.8 Å². The number of carbonyl (C=O) groups excluding carboxylic acids is 1. The second kappa shape index (κ2) is 17.4. The third kappa shape index (κ3) is 9.67. The van der Waals surface area contributed by atoms with Gasteiger partial charge in [-0.3, -0.25) is 14.9 Å². The van der Waals surface area contributed by atoms with Crippen LogP contribution in [0.5, 0.6) is 11.5 Å². The molecular formula is C44H52N2O5. The molecule has 1 aliphatic carbocycles. The maximum Gasteiger partial charge on any atom is 0.324 e. The van der Waals surface area contributed by atoms with Crippen LogP contribution >= 0.6 is 0 Å². The van der Waals surface area contributed by atoms with E-state index in [1.54, 1.807) is 18.0 Å². The summed E-state index contributed by atoms with van der Waals surface area (Å²) in [7, 11) is 1.78. The number of nitrogens with zero attached hydrogens (tertiary/aromatic N) is 1. The molecule has 0 spiro atoms. The molecule has 7 nitrogen and oxygen atoms in total. The lowest BCUT2D eigenvalue weighted by atomic mass is 9.76. The number of aliphatic carboxylic acids is 1. The van der Waals surface area contributed by atoms with Gasteiger partial charge in [0.05, 0.1) is 5.56 Å². The second-order valence-electron chi connectivity index (χ2n) is 14.4. The van der Waals surface area contributed by atoms with Crippen LogP contribution in [0.3, 0.4) is 0 Å². The summed E-state index contributed by atoms with van der Waals surface area (Å²) in [6.07, 6.45) is 4.60. The number of ether oxygens (including phenoxy) is 2. The Labute approximate surface area is 303 Å². The van der Waals surface area contributed by atoms with Crippen molar-refractivity contribution in [2.24, 2.45) is 11.8 Å². The molecule has 0 aliphatic heterocycles. The molecule has 0 radical (unpaired) electrons. The molecule has 268 valence electrons. The molecule has 4 aromatic carbocycles. The van der Waals surface area contributed by atoms with Gasteiger partial charge in [0.2, 0.25) is 0 Å². The molecule has 51 heavy (non-hydrogen) atoms. The highest BCUT2D eigenvalue weighted by Gasteiger charge is 2.46. The van der Waals surface area contributed by atoms with E-state index >= 15 is 0 Å². The van der Waals surface area contributed by atoms with E-state index in [1.807, 2.05) is 91.9 Å². The molecule has 0 unspecified atom stereocenters. The quantitative estimate of drug-likeness (QED) is 0.115. The minimum atomic E-state index is -0.957. The summed E-state index contributed by atoms with van der Waals surface area (Å²) < 4.78 is 12.6. The van der Waals surface area contributed by atoms with Crippen LogP contribution in [-0.2, 0) is 31.1 Å². The molecule has 0 saturated heterocycles. The van der Waals surface area contributed by atoms with Crippen molar-refractivity contribution in [2.45, 2.75) is 84.7 Å². The van der Waals surface area contributed by atoms with E-state index in [9.17, 15) is 14.7 Å². The van der Waals surface area contributed by atoms with Gasteiger partial charge in [-0.1, -0.05) is 118 Å². The van der Waals surface area contributed by atoms with E-state index < -0.39 is 11.5 Å². The summed E-state index contributed by atoms with van der Waals surface area (Å²) in [6, 6.07) is 31.5. The van der Waals surface area contributed by atoms with E-state index in [-0.39, 0.29) is 17.7 Å². The topological polar surface area (TPSA) is 88.1 Å². The molecule has 1 atom stereocenters. The van der Waals surface area contributed by atoms with Crippen LogP contribution in [0.4, 0.5) is 0 Å². The van der Waals surface area contributed by atoms with Crippen molar-refractivity contribution in [1.29, 1.82) is 0 Å². The van der Waals surface area contributed by atoms with Crippen molar-refractivity contribution in [3.8, 4) is 11.5 Å². The molecule has 0 heterocycles. The summed E-state index contributed by atoms with van der Waals surface area (Å²) in [5.41, 5.74) is 4.93. The van der Waals surface area contributed by atoms with Crippen LogP contribution in [0.15, 0.2) is 104 Å². The van der Waals surface area contributed by atoms with Gasteiger partial charge in [-0.2, -0.15) is 0 Å². The van der Waals surface area contributed by atoms with Crippen molar-refractivity contribution >= 4 is 17.4 Å². The molecule has 1 saturated carbocycles. The zero-order chi connectivity index (χ0) is 36.4. The normalized spacial score (nSPS) is 14.2. The molecule has 1 amide bonds. The zero-order valence-corrected chi connectivity index (χ0v) is 30.5. The SMILES string of the molecule is C=C(C)c1cc(C(=O)N(C)Cc2cccc(CN[C@@](CC(C)C)(C(=O)O)C3CCCC3)c2)c(OCc2ccccc2)cc1OCc1ccccc1. The molecule has 4 aromatic rings. The van der Waals surface area contributed by atoms with Gasteiger partial charge in [-0.15, -0.1) is 0 Å². The fraction of sp³-hybridized carbons (Fsp3) is 0.364. The van der Waals surface area contributed by atoms with Crippen molar-refractivity contribution in [3.63, 3.8) is 0 Å². The smallest absolute Gasteiger partial charge is 0.324 e. The van der Waals surface area contributed by atoms with Crippen LogP contribution < -0.4 is 14.8 Å². The lowest BCUT2D eigenvalue weighted by molar-refractivity contribution is -0.148. The van der Waals surface area contributed by atoms with E-state index in [0.29, 0.717) is 49.8 Å². The number of carbonyl (C=O) groups is 2. The number of nitrogens with one attached hydrogen (secondary N) is 1. The number of benzene rings is 4. The van der Waals surface area contributed by atoms with E-state index in [0.717, 1.165) is 59.1 Å². The summed E-state index contributed by atoms with van der Waals surface area (Å²) in [4.78, 5) is 28.7. The van der Waals surface area contributed by atoms with Gasteiger partial charge < -0.3 is 19.5 Å². The Hall–Kier alpha value is -4.88. The van der Waals surface area contributed by atoms with Gasteiger partial charge in [-0.25, -0.2) is 0 Å². The number of allylic oxidation sites excluding steroid dienone is 1. The number of amides is 1. The molecule has 1 aliphatic rings. The minimum absolute atomic E-state index is 0.113. The first-order valence-electron chi connectivity index (χ1n) is 18.0. The number of hydrogen-bond donors (Lipinski definition) is 2. The molecular weight excluding hydrogens is 636 g/mol. The Kier molecular flexibility index (Phi) is 12.7. The summed E-state index contributed by atoms with van der Waals surface area (Å²) >= 11 is 0. The molecule has 2 N–H and O–H groups in total. The Bertz CT molecular complexity index is 1780. The van der Waals surface area contributed by atoms with Crippen LogP contribution in [0.2, 0.25) is 0 Å². The first-order chi connectivity index (χ1) is 24.6. The van der Waals surface area contributed by atoms with E-state index in [4.69, 9.17) is 9.47 Å². The van der Waals surface area contributed by atoms with Crippen molar-refractivity contribution in [1.82, 2.24) is 10.2 Å². The summed E-state index contributed by atoms with van der Waals surface area (Å²) in [5, 5.41) is 14.0. The Morgan fingerprint density at radius 2 is 1.37 bits per heavy atom. The van der Waals surface area contributed by atoms with Gasteiger partial charge in [0, 0.05) is 31.8 Å². The number of hydrogen-bond acceptors (Lipinski definition) is 5. The van der Waals surface area contributed by atoms with E-state index in [2.05, 4.69) is 31.8 Å². The largest absolute Gasteiger partial charge is 0.488 e. The molecule has 0 aromatic heterocycles. The molecule has 5 rings (SSSR count). The second-order valence-corrected chi connectivity index (χ2v) is 14.4. The summed E-state index contributed by atoms with van der Waals surface area (Å²) in [6.45, 7) is 11.7. The third-order valence-corrected chi connectivity index (χ3v) is 9.78. The predicted molar refractivity (Wildman–Crippen MR) is 204 cm³/mol. The van der Waals surface area contributed by atoms with Crippen molar-refractivity contribution < 1.29 is 24.2 Å². The molecule has 7 heteroatoms. The standard InChI is InChI=1S/C44H52N2O5/c1-31(2)26-44(43(48)49,37-21-12-13-22-37)45-27-35-19-14-20-36(23-35)28-46(5)42(47)39-24-38(32(3)4)40(50-29-33-15-8-6-9-16-33)25-41(39)51-30-34-17-10-7-11-18-34/h6-11,14-20,23-25,31,37,45H,3,12-13,21-22,26-30H2,1-2,4-5H3,(H,48,49)/t44-/m1/s1. The van der Waals surface area contributed by atoms with Gasteiger partial charge in [0.25, 0.3) is 5.91 Å². The van der Waals surface area contributed by atoms with Crippen LogP contribution in [-0.4, -0.2) is 34.5 Å². The zero-order valence-electron chi connectivity index (χ0n) is 30.5. The lowest BCUT2D eigenvalue weighted by Crippen LogP contribution is -2.57. The maximum absolute atomic E-state index is 14.2. The highest BCUT2D eigenvalue weighted by atomic mass is 16.5. The first-order valence-corrected chi connectivity index (χ1v) is 18.0. The third-order valence-electron chi connectivity index (χ3n) is 9.78. The molecule has 1 fully saturated rings. The van der Waals surface area contributed by atoms with Gasteiger partial charge >= 0.3 is 5.97 Å². The van der Waals surface area contributed by atoms with Crippen molar-refractivity contribution in [2.75, 3.05) is 7.05 Å². The van der Waals surface area contributed by atoms with Crippen molar-refractivity contribution in [3.05, 3.63) is 137 Å². The van der Waals surface area contributed by atoms with Crippen LogP contribution in [0.1, 0.15) is 91.1 Å². The monoisotopic (exact) mass is 688 g/mol. The predicted octanol–water partition coefficient (Wildman–Crippen LogP) is 9.30. The minimum Gasteiger partial charge on any atom is -0.488 e. The maximum atomic E-state index is 14.2. The Balaban J connectivity index is 1.37. The van der Waals surface area contributed by atoms with Crippen LogP contribution in [0.25, 0.3) is 5.57 Å². The fourth-order valence-corrected chi connectivity index (χ4v) is 7.20. The van der Waals surface area contributed by atoms with E-state index in [1.165, 1.54) is 0 Å². The number of rotatable bonds is 17. The molecule has 0 bridgehead atoms. The Morgan fingerprint density at radius 1 is 0.824 bits per heavy atom. The summed E-state index contributed by atoms with van der Waals surface area (Å²) in [5.74, 6) is 0.436.